The molecule has 0 bridgehead atoms. The molecule has 0 radical (unpaired) electrons. The number of aromatic carboxylic acids is 1. The second-order valence-corrected chi connectivity index (χ2v) is 6.02. The van der Waals surface area contributed by atoms with E-state index in [1.54, 1.807) is 12.1 Å². The van der Waals surface area contributed by atoms with Crippen LogP contribution >= 0.6 is 0 Å². The number of benzene rings is 1. The van der Waals surface area contributed by atoms with Gasteiger partial charge in [-0.15, -0.1) is 0 Å². The number of carboxylic acid groups (broad SMARTS) is 1. The molecule has 0 amide bonds. The Bertz CT molecular complexity index is 732. The van der Waals surface area contributed by atoms with Crippen LogP contribution in [0.25, 0.3) is 0 Å². The molecule has 1 aromatic carbocycles. The minimum absolute atomic E-state index is 0.0233. The van der Waals surface area contributed by atoms with Gasteiger partial charge >= 0.3 is 5.97 Å². The molecule has 1 saturated heterocycles. The maximum atomic E-state index is 11.0. The Morgan fingerprint density at radius 1 is 1.23 bits per heavy atom. The van der Waals surface area contributed by atoms with Crippen molar-refractivity contribution in [2.24, 2.45) is 0 Å². The van der Waals surface area contributed by atoms with Crippen LogP contribution < -0.4 is 10.1 Å². The third-order valence-corrected chi connectivity index (χ3v) is 4.12. The first-order valence-electron chi connectivity index (χ1n) is 8.67. The average Bonchev–Trinajstić information content (AvgIpc) is 2.68. The van der Waals surface area contributed by atoms with E-state index in [1.807, 2.05) is 24.3 Å². The Morgan fingerprint density at radius 3 is 2.85 bits per heavy atom. The van der Waals surface area contributed by atoms with Gasteiger partial charge in [-0.2, -0.15) is 0 Å². The number of ether oxygens (including phenoxy) is 2. The highest BCUT2D eigenvalue weighted by Crippen LogP contribution is 2.15. The number of hydrogen-bond donors (Lipinski definition) is 2. The number of rotatable bonds is 8. The third-order valence-electron chi connectivity index (χ3n) is 4.12. The van der Waals surface area contributed by atoms with Crippen molar-refractivity contribution < 1.29 is 19.4 Å². The maximum absolute atomic E-state index is 11.0. The Labute approximate surface area is 152 Å². The zero-order valence-corrected chi connectivity index (χ0v) is 14.6. The fourth-order valence-electron chi connectivity index (χ4n) is 2.71. The molecule has 1 aromatic heterocycles. The lowest BCUT2D eigenvalue weighted by molar-refractivity contribution is 0.0322. The first-order valence-corrected chi connectivity index (χ1v) is 8.67. The predicted octanol–water partition coefficient (Wildman–Crippen LogP) is 2.10. The van der Waals surface area contributed by atoms with E-state index in [2.05, 4.69) is 15.2 Å². The summed E-state index contributed by atoms with van der Waals surface area (Å²) in [6.45, 7) is 5.55. The van der Waals surface area contributed by atoms with Gasteiger partial charge in [0.25, 0.3) is 0 Å². The van der Waals surface area contributed by atoms with Gasteiger partial charge in [0.1, 0.15) is 18.2 Å². The number of anilines is 1. The van der Waals surface area contributed by atoms with Crippen LogP contribution in [0.15, 0.2) is 42.5 Å². The molecule has 2 heterocycles. The normalized spacial score (nSPS) is 14.8. The van der Waals surface area contributed by atoms with Gasteiger partial charge in [-0.1, -0.05) is 18.2 Å². The number of morpholine rings is 1. The summed E-state index contributed by atoms with van der Waals surface area (Å²) in [5, 5.41) is 12.1. The van der Waals surface area contributed by atoms with Gasteiger partial charge in [-0.05, 0) is 29.8 Å². The van der Waals surface area contributed by atoms with Crippen molar-refractivity contribution in [3.8, 4) is 5.75 Å². The van der Waals surface area contributed by atoms with E-state index in [0.717, 1.165) is 44.2 Å². The molecular formula is C19H23N3O4. The molecule has 0 aliphatic carbocycles. The van der Waals surface area contributed by atoms with Gasteiger partial charge < -0.3 is 19.9 Å². The zero-order chi connectivity index (χ0) is 18.2. The number of carbonyl (C=O) groups is 1. The van der Waals surface area contributed by atoms with Crippen molar-refractivity contribution in [3.63, 3.8) is 0 Å². The van der Waals surface area contributed by atoms with Crippen LogP contribution in [0.3, 0.4) is 0 Å². The van der Waals surface area contributed by atoms with Crippen molar-refractivity contribution in [3.05, 3.63) is 53.7 Å². The quantitative estimate of drug-likeness (QED) is 0.748. The molecule has 2 N–H and O–H groups in total. The zero-order valence-electron chi connectivity index (χ0n) is 14.6. The lowest BCUT2D eigenvalue weighted by Crippen LogP contribution is -2.38. The number of nitrogens with zero attached hydrogens (tertiary/aromatic N) is 2. The topological polar surface area (TPSA) is 83.9 Å². The Morgan fingerprint density at radius 2 is 2.04 bits per heavy atom. The van der Waals surface area contributed by atoms with Crippen LogP contribution in [0.1, 0.15) is 16.1 Å². The van der Waals surface area contributed by atoms with Crippen molar-refractivity contribution >= 4 is 11.8 Å². The summed E-state index contributed by atoms with van der Waals surface area (Å²) in [6.07, 6.45) is 0. The van der Waals surface area contributed by atoms with E-state index in [0.29, 0.717) is 19.0 Å². The van der Waals surface area contributed by atoms with Crippen LogP contribution in [-0.4, -0.2) is 60.4 Å². The van der Waals surface area contributed by atoms with Gasteiger partial charge in [-0.3, -0.25) is 4.90 Å². The summed E-state index contributed by atoms with van der Waals surface area (Å²) >= 11 is 0. The lowest BCUT2D eigenvalue weighted by Gasteiger charge is -2.26. The lowest BCUT2D eigenvalue weighted by atomic mass is 10.2. The molecule has 0 unspecified atom stereocenters. The average molecular weight is 357 g/mol. The first kappa shape index (κ1) is 18.2. The van der Waals surface area contributed by atoms with Crippen molar-refractivity contribution in [2.45, 2.75) is 6.54 Å². The van der Waals surface area contributed by atoms with E-state index < -0.39 is 5.97 Å². The second kappa shape index (κ2) is 9.17. The van der Waals surface area contributed by atoms with E-state index in [4.69, 9.17) is 14.6 Å². The van der Waals surface area contributed by atoms with Gasteiger partial charge in [-0.25, -0.2) is 9.78 Å². The molecule has 3 rings (SSSR count). The van der Waals surface area contributed by atoms with Gasteiger partial charge in [0.15, 0.2) is 5.69 Å². The summed E-state index contributed by atoms with van der Waals surface area (Å²) in [7, 11) is 0. The molecule has 2 aromatic rings. The summed E-state index contributed by atoms with van der Waals surface area (Å²) in [5.74, 6) is 0.317. The highest BCUT2D eigenvalue weighted by Gasteiger charge is 2.10. The molecule has 26 heavy (non-hydrogen) atoms. The molecule has 1 aliphatic rings. The standard InChI is InChI=1S/C19H23N3O4/c23-19(24)17-5-2-6-18(21-17)20-14-15-3-1-4-16(13-15)26-12-9-22-7-10-25-11-8-22/h1-6,13H,7-12,14H2,(H,20,21)(H,23,24). The van der Waals surface area contributed by atoms with E-state index in [1.165, 1.54) is 6.07 Å². The van der Waals surface area contributed by atoms with Crippen LogP contribution in [0.2, 0.25) is 0 Å². The van der Waals surface area contributed by atoms with Crippen LogP contribution in [0.5, 0.6) is 5.75 Å². The minimum atomic E-state index is -1.04. The monoisotopic (exact) mass is 357 g/mol. The fourth-order valence-corrected chi connectivity index (χ4v) is 2.71. The molecule has 1 fully saturated rings. The summed E-state index contributed by atoms with van der Waals surface area (Å²) < 4.78 is 11.2. The van der Waals surface area contributed by atoms with Crippen molar-refractivity contribution in [2.75, 3.05) is 44.8 Å². The van der Waals surface area contributed by atoms with E-state index >= 15 is 0 Å². The minimum Gasteiger partial charge on any atom is -0.492 e. The van der Waals surface area contributed by atoms with Gasteiger partial charge in [0.05, 0.1) is 13.2 Å². The molecule has 7 heteroatoms. The van der Waals surface area contributed by atoms with Crippen LogP contribution in [0.4, 0.5) is 5.82 Å². The molecule has 138 valence electrons. The number of pyridine rings is 1. The van der Waals surface area contributed by atoms with Crippen molar-refractivity contribution in [1.29, 1.82) is 0 Å². The maximum Gasteiger partial charge on any atom is 0.354 e. The largest absolute Gasteiger partial charge is 0.492 e. The molecule has 0 atom stereocenters. The number of carboxylic acids is 1. The fraction of sp³-hybridized carbons (Fsp3) is 0.368. The molecule has 0 spiro atoms. The Hall–Kier alpha value is -2.64. The predicted molar refractivity (Wildman–Crippen MR) is 97.7 cm³/mol. The molecular weight excluding hydrogens is 334 g/mol. The summed E-state index contributed by atoms with van der Waals surface area (Å²) in [6, 6.07) is 12.7. The number of nitrogens with one attached hydrogen (secondary N) is 1. The molecule has 1 aliphatic heterocycles. The van der Waals surface area contributed by atoms with Crippen LogP contribution in [0, 0.1) is 0 Å². The summed E-state index contributed by atoms with van der Waals surface area (Å²) in [5.41, 5.74) is 1.06. The van der Waals surface area contributed by atoms with Gasteiger partial charge in [0, 0.05) is 26.2 Å². The molecule has 0 saturated carbocycles. The number of aromatic nitrogens is 1. The third kappa shape index (κ3) is 5.44. The highest BCUT2D eigenvalue weighted by atomic mass is 16.5. The van der Waals surface area contributed by atoms with E-state index in [9.17, 15) is 4.79 Å². The second-order valence-electron chi connectivity index (χ2n) is 6.02. The first-order chi connectivity index (χ1) is 12.7. The number of hydrogen-bond acceptors (Lipinski definition) is 6. The van der Waals surface area contributed by atoms with Crippen molar-refractivity contribution in [1.82, 2.24) is 9.88 Å². The van der Waals surface area contributed by atoms with Crippen LogP contribution in [-0.2, 0) is 11.3 Å². The van der Waals surface area contributed by atoms with Gasteiger partial charge in [0.2, 0.25) is 0 Å². The smallest absolute Gasteiger partial charge is 0.354 e. The summed E-state index contributed by atoms with van der Waals surface area (Å²) in [4.78, 5) is 17.4. The highest BCUT2D eigenvalue weighted by molar-refractivity contribution is 5.85. The Balaban J connectivity index is 1.49. The SMILES string of the molecule is O=C(O)c1cccc(NCc2cccc(OCCN3CCOCC3)c2)n1. The van der Waals surface area contributed by atoms with E-state index in [-0.39, 0.29) is 5.69 Å². The Kier molecular flexibility index (Phi) is 6.40. The molecule has 7 nitrogen and oxygen atoms in total.